The van der Waals surface area contributed by atoms with Gasteiger partial charge < -0.3 is 14.2 Å². The number of aromatic nitrogens is 2. The summed E-state index contributed by atoms with van der Waals surface area (Å²) < 4.78 is 8.47. The van der Waals surface area contributed by atoms with Crippen molar-refractivity contribution in [3.8, 4) is 5.75 Å². The molecular formula is C14H18BrN3O. The average Bonchev–Trinajstić information content (AvgIpc) is 2.75. The average molecular weight is 324 g/mol. The molecule has 0 atom stereocenters. The molecule has 5 heteroatoms. The predicted octanol–water partition coefficient (Wildman–Crippen LogP) is 3.33. The Morgan fingerprint density at radius 2 is 1.95 bits per heavy atom. The van der Waals surface area contributed by atoms with Crippen LogP contribution in [0.5, 0.6) is 5.75 Å². The summed E-state index contributed by atoms with van der Waals surface area (Å²) in [5.74, 6) is 1.91. The third-order valence-corrected chi connectivity index (χ3v) is 4.39. The Hall–Kier alpha value is -1.23. The SMILES string of the molecule is COc1cc2c(cc1Br)nc(N1CCCCC1)n2C. The van der Waals surface area contributed by atoms with Gasteiger partial charge in [0, 0.05) is 26.2 Å². The number of hydrogen-bond acceptors (Lipinski definition) is 3. The summed E-state index contributed by atoms with van der Waals surface area (Å²) >= 11 is 3.52. The van der Waals surface area contributed by atoms with E-state index in [1.54, 1.807) is 7.11 Å². The second-order valence-electron chi connectivity index (χ2n) is 4.99. The van der Waals surface area contributed by atoms with E-state index < -0.39 is 0 Å². The molecule has 1 saturated heterocycles. The molecule has 0 bridgehead atoms. The minimum atomic E-state index is 0.848. The summed E-state index contributed by atoms with van der Waals surface area (Å²) in [7, 11) is 3.76. The van der Waals surface area contributed by atoms with Crippen molar-refractivity contribution in [2.24, 2.45) is 7.05 Å². The lowest BCUT2D eigenvalue weighted by atomic mass is 10.1. The van der Waals surface area contributed by atoms with E-state index in [2.05, 4.69) is 32.4 Å². The number of ether oxygens (including phenoxy) is 1. The third kappa shape index (κ3) is 2.20. The van der Waals surface area contributed by atoms with E-state index in [1.165, 1.54) is 19.3 Å². The van der Waals surface area contributed by atoms with Gasteiger partial charge in [-0.05, 0) is 41.3 Å². The summed E-state index contributed by atoms with van der Waals surface area (Å²) in [5.41, 5.74) is 2.12. The van der Waals surface area contributed by atoms with Gasteiger partial charge in [-0.25, -0.2) is 4.98 Å². The van der Waals surface area contributed by atoms with Gasteiger partial charge in [-0.2, -0.15) is 0 Å². The lowest BCUT2D eigenvalue weighted by molar-refractivity contribution is 0.412. The minimum Gasteiger partial charge on any atom is -0.495 e. The van der Waals surface area contributed by atoms with E-state index in [9.17, 15) is 0 Å². The normalized spacial score (nSPS) is 16.1. The number of nitrogens with zero attached hydrogens (tertiary/aromatic N) is 3. The molecule has 0 saturated carbocycles. The molecule has 0 aliphatic carbocycles. The zero-order chi connectivity index (χ0) is 13.4. The fraction of sp³-hybridized carbons (Fsp3) is 0.500. The molecule has 1 fully saturated rings. The highest BCUT2D eigenvalue weighted by atomic mass is 79.9. The number of imidazole rings is 1. The van der Waals surface area contributed by atoms with Crippen molar-refractivity contribution in [1.29, 1.82) is 0 Å². The quantitative estimate of drug-likeness (QED) is 0.849. The van der Waals surface area contributed by atoms with Crippen LogP contribution in [0.25, 0.3) is 11.0 Å². The van der Waals surface area contributed by atoms with Crippen LogP contribution in [0.3, 0.4) is 0 Å². The second kappa shape index (κ2) is 5.04. The van der Waals surface area contributed by atoms with Crippen LogP contribution in [-0.4, -0.2) is 29.8 Å². The molecule has 0 N–H and O–H groups in total. The Morgan fingerprint density at radius 3 is 2.63 bits per heavy atom. The Morgan fingerprint density at radius 1 is 1.21 bits per heavy atom. The van der Waals surface area contributed by atoms with Crippen LogP contribution in [-0.2, 0) is 7.05 Å². The molecule has 0 spiro atoms. The number of aryl methyl sites for hydroxylation is 1. The van der Waals surface area contributed by atoms with Gasteiger partial charge in [0.25, 0.3) is 0 Å². The third-order valence-electron chi connectivity index (χ3n) is 3.77. The van der Waals surface area contributed by atoms with Gasteiger partial charge in [0.15, 0.2) is 0 Å². The van der Waals surface area contributed by atoms with E-state index in [1.807, 2.05) is 12.1 Å². The summed E-state index contributed by atoms with van der Waals surface area (Å²) in [6.07, 6.45) is 3.85. The lowest BCUT2D eigenvalue weighted by Crippen LogP contribution is -2.31. The molecule has 102 valence electrons. The maximum atomic E-state index is 5.36. The largest absolute Gasteiger partial charge is 0.495 e. The lowest BCUT2D eigenvalue weighted by Gasteiger charge is -2.27. The van der Waals surface area contributed by atoms with Crippen LogP contribution in [0.4, 0.5) is 5.95 Å². The molecule has 1 aromatic carbocycles. The fourth-order valence-corrected chi connectivity index (χ4v) is 3.21. The van der Waals surface area contributed by atoms with Gasteiger partial charge >= 0.3 is 0 Å². The number of piperidine rings is 1. The molecule has 0 unspecified atom stereocenters. The van der Waals surface area contributed by atoms with Crippen molar-refractivity contribution in [3.05, 3.63) is 16.6 Å². The molecule has 0 radical (unpaired) electrons. The Kier molecular flexibility index (Phi) is 3.39. The molecular weight excluding hydrogens is 306 g/mol. The highest BCUT2D eigenvalue weighted by Crippen LogP contribution is 2.32. The molecule has 1 aromatic heterocycles. The Labute approximate surface area is 121 Å². The number of benzene rings is 1. The van der Waals surface area contributed by atoms with Crippen molar-refractivity contribution in [1.82, 2.24) is 9.55 Å². The van der Waals surface area contributed by atoms with E-state index in [-0.39, 0.29) is 0 Å². The smallest absolute Gasteiger partial charge is 0.206 e. The number of fused-ring (bicyclic) bond motifs is 1. The highest BCUT2D eigenvalue weighted by molar-refractivity contribution is 9.10. The second-order valence-corrected chi connectivity index (χ2v) is 5.85. The van der Waals surface area contributed by atoms with Gasteiger partial charge in [-0.15, -0.1) is 0 Å². The van der Waals surface area contributed by atoms with Crippen molar-refractivity contribution < 1.29 is 4.74 Å². The first-order valence-electron chi connectivity index (χ1n) is 6.65. The fourth-order valence-electron chi connectivity index (χ4n) is 2.71. The first kappa shape index (κ1) is 12.8. The molecule has 1 aliphatic heterocycles. The van der Waals surface area contributed by atoms with Gasteiger partial charge in [-0.1, -0.05) is 0 Å². The molecule has 2 heterocycles. The summed E-state index contributed by atoms with van der Waals surface area (Å²) in [6.45, 7) is 2.21. The molecule has 19 heavy (non-hydrogen) atoms. The first-order chi connectivity index (χ1) is 9.20. The number of hydrogen-bond donors (Lipinski definition) is 0. The van der Waals surface area contributed by atoms with Gasteiger partial charge in [-0.3, -0.25) is 0 Å². The predicted molar refractivity (Wildman–Crippen MR) is 81.0 cm³/mol. The Balaban J connectivity index is 2.08. The van der Waals surface area contributed by atoms with Crippen LogP contribution in [0.2, 0.25) is 0 Å². The molecule has 4 nitrogen and oxygen atoms in total. The van der Waals surface area contributed by atoms with Crippen LogP contribution >= 0.6 is 15.9 Å². The van der Waals surface area contributed by atoms with Gasteiger partial charge in [0.2, 0.25) is 5.95 Å². The highest BCUT2D eigenvalue weighted by Gasteiger charge is 2.18. The van der Waals surface area contributed by atoms with Crippen LogP contribution in [0.1, 0.15) is 19.3 Å². The van der Waals surface area contributed by atoms with E-state index in [0.717, 1.165) is 40.3 Å². The summed E-state index contributed by atoms with van der Waals surface area (Å²) in [5, 5.41) is 0. The van der Waals surface area contributed by atoms with Crippen LogP contribution < -0.4 is 9.64 Å². The van der Waals surface area contributed by atoms with Crippen LogP contribution in [0, 0.1) is 0 Å². The monoisotopic (exact) mass is 323 g/mol. The first-order valence-corrected chi connectivity index (χ1v) is 7.45. The van der Waals surface area contributed by atoms with E-state index in [4.69, 9.17) is 9.72 Å². The van der Waals surface area contributed by atoms with Crippen LogP contribution in [0.15, 0.2) is 16.6 Å². The van der Waals surface area contributed by atoms with Crippen molar-refractivity contribution in [2.75, 3.05) is 25.1 Å². The molecule has 1 aliphatic rings. The molecule has 3 rings (SSSR count). The van der Waals surface area contributed by atoms with Gasteiger partial charge in [0.05, 0.1) is 22.6 Å². The molecule has 2 aromatic rings. The number of anilines is 1. The number of rotatable bonds is 2. The summed E-state index contributed by atoms with van der Waals surface area (Å²) in [6, 6.07) is 4.07. The minimum absolute atomic E-state index is 0.848. The topological polar surface area (TPSA) is 30.3 Å². The van der Waals surface area contributed by atoms with Crippen molar-refractivity contribution in [3.63, 3.8) is 0 Å². The van der Waals surface area contributed by atoms with E-state index in [0.29, 0.717) is 0 Å². The zero-order valence-corrected chi connectivity index (χ0v) is 12.9. The standard InChI is InChI=1S/C14H18BrN3O/c1-17-12-9-13(19-2)10(15)8-11(12)16-14(17)18-6-4-3-5-7-18/h8-9H,3-7H2,1-2H3. The number of methoxy groups -OCH3 is 1. The molecule has 0 amide bonds. The maximum Gasteiger partial charge on any atom is 0.206 e. The summed E-state index contributed by atoms with van der Waals surface area (Å²) in [4.78, 5) is 7.15. The van der Waals surface area contributed by atoms with E-state index >= 15 is 0 Å². The van der Waals surface area contributed by atoms with Crippen molar-refractivity contribution >= 4 is 32.9 Å². The zero-order valence-electron chi connectivity index (χ0n) is 11.3. The van der Waals surface area contributed by atoms with Gasteiger partial charge in [0.1, 0.15) is 5.75 Å². The Bertz CT molecular complexity index is 602. The number of halogens is 1. The maximum absolute atomic E-state index is 5.36. The van der Waals surface area contributed by atoms with Crippen molar-refractivity contribution in [2.45, 2.75) is 19.3 Å².